The fraction of sp³-hybridized carbons (Fsp3) is 0.364. The molecular weight excluding hydrogens is 392 g/mol. The molecule has 0 aromatic heterocycles. The van der Waals surface area contributed by atoms with E-state index in [4.69, 9.17) is 25.9 Å². The highest BCUT2D eigenvalue weighted by Gasteiger charge is 2.17. The molecule has 1 aliphatic rings. The van der Waals surface area contributed by atoms with Crippen molar-refractivity contribution in [2.24, 2.45) is 5.16 Å². The molecular formula is C22H25ClN2O4. The first-order valence-corrected chi connectivity index (χ1v) is 10.0. The van der Waals surface area contributed by atoms with Gasteiger partial charge < -0.3 is 19.6 Å². The maximum absolute atomic E-state index is 11.8. The van der Waals surface area contributed by atoms with Gasteiger partial charge in [-0.15, -0.1) is 0 Å². The van der Waals surface area contributed by atoms with Crippen molar-refractivity contribution >= 4 is 23.7 Å². The van der Waals surface area contributed by atoms with Crippen molar-refractivity contribution in [1.29, 1.82) is 0 Å². The molecule has 0 bridgehead atoms. The normalized spacial score (nSPS) is 14.1. The second kappa shape index (κ2) is 10.7. The van der Waals surface area contributed by atoms with Crippen LogP contribution in [0, 0.1) is 0 Å². The molecule has 0 heterocycles. The summed E-state index contributed by atoms with van der Waals surface area (Å²) in [6.07, 6.45) is 5.97. The quantitative estimate of drug-likeness (QED) is 0.487. The highest BCUT2D eigenvalue weighted by atomic mass is 35.5. The predicted molar refractivity (Wildman–Crippen MR) is 113 cm³/mol. The number of oxime groups is 1. The predicted octanol–water partition coefficient (Wildman–Crippen LogP) is 4.34. The molecule has 1 aliphatic carbocycles. The molecule has 0 spiro atoms. The molecule has 2 aromatic carbocycles. The van der Waals surface area contributed by atoms with Crippen molar-refractivity contribution in [2.75, 3.05) is 13.7 Å². The van der Waals surface area contributed by atoms with Gasteiger partial charge in [0, 0.05) is 16.6 Å². The summed E-state index contributed by atoms with van der Waals surface area (Å²) in [5, 5.41) is 7.51. The number of hydrogen-bond donors (Lipinski definition) is 1. The number of rotatable bonds is 9. The van der Waals surface area contributed by atoms with Crippen LogP contribution >= 0.6 is 11.6 Å². The van der Waals surface area contributed by atoms with Gasteiger partial charge in [-0.1, -0.05) is 41.7 Å². The van der Waals surface area contributed by atoms with Crippen molar-refractivity contribution in [2.45, 2.75) is 38.3 Å². The maximum atomic E-state index is 11.8. The zero-order valence-electron chi connectivity index (χ0n) is 16.4. The molecule has 0 atom stereocenters. The number of methoxy groups -OCH3 is 1. The minimum Gasteiger partial charge on any atom is -0.493 e. The van der Waals surface area contributed by atoms with Gasteiger partial charge in [-0.2, -0.15) is 0 Å². The van der Waals surface area contributed by atoms with Gasteiger partial charge >= 0.3 is 0 Å². The Hall–Kier alpha value is -2.73. The topological polar surface area (TPSA) is 69.2 Å². The minimum absolute atomic E-state index is 0.0909. The number of ether oxygens (including phenoxy) is 2. The molecule has 1 amide bonds. The minimum atomic E-state index is -0.141. The van der Waals surface area contributed by atoms with Crippen LogP contribution in [0.2, 0.25) is 5.02 Å². The highest BCUT2D eigenvalue weighted by Crippen LogP contribution is 2.28. The molecule has 29 heavy (non-hydrogen) atoms. The lowest BCUT2D eigenvalue weighted by molar-refractivity contribution is -0.126. The van der Waals surface area contributed by atoms with Crippen LogP contribution in [0.1, 0.15) is 36.8 Å². The lowest BCUT2D eigenvalue weighted by Gasteiger charge is -2.11. The van der Waals surface area contributed by atoms with E-state index < -0.39 is 0 Å². The summed E-state index contributed by atoms with van der Waals surface area (Å²) in [6, 6.07) is 13.2. The molecule has 0 radical (unpaired) electrons. The van der Waals surface area contributed by atoms with E-state index >= 15 is 0 Å². The van der Waals surface area contributed by atoms with Crippen molar-refractivity contribution in [3.05, 3.63) is 58.6 Å². The number of carbonyl (C=O) groups excluding carboxylic acids is 1. The van der Waals surface area contributed by atoms with Crippen molar-refractivity contribution in [3.8, 4) is 11.5 Å². The number of amides is 1. The van der Waals surface area contributed by atoms with Crippen LogP contribution in [0.25, 0.3) is 0 Å². The maximum Gasteiger partial charge on any atom is 0.260 e. The van der Waals surface area contributed by atoms with E-state index in [9.17, 15) is 4.79 Å². The van der Waals surface area contributed by atoms with Gasteiger partial charge in [-0.05, 0) is 48.7 Å². The van der Waals surface area contributed by atoms with Crippen LogP contribution in [-0.4, -0.2) is 31.9 Å². The van der Waals surface area contributed by atoms with Crippen LogP contribution in [0.5, 0.6) is 11.5 Å². The van der Waals surface area contributed by atoms with Gasteiger partial charge in [0.15, 0.2) is 18.1 Å². The number of nitrogens with one attached hydrogen (secondary N) is 1. The molecule has 7 heteroatoms. The number of halogens is 1. The van der Waals surface area contributed by atoms with E-state index in [1.165, 1.54) is 19.1 Å². The van der Waals surface area contributed by atoms with Gasteiger partial charge in [0.2, 0.25) is 0 Å². The van der Waals surface area contributed by atoms with E-state index in [2.05, 4.69) is 10.5 Å². The molecule has 2 aromatic rings. The van der Waals surface area contributed by atoms with E-state index in [-0.39, 0.29) is 18.6 Å². The van der Waals surface area contributed by atoms with Crippen LogP contribution in [-0.2, 0) is 16.2 Å². The SMILES string of the molecule is COc1cc(/C=N/OCC(=O)NC2CCCC2)ccc1OCc1ccc(Cl)cc1. The van der Waals surface area contributed by atoms with Crippen molar-refractivity contribution in [1.82, 2.24) is 5.32 Å². The van der Waals surface area contributed by atoms with E-state index in [0.717, 1.165) is 24.0 Å². The van der Waals surface area contributed by atoms with E-state index in [1.54, 1.807) is 13.2 Å². The monoisotopic (exact) mass is 416 g/mol. The third kappa shape index (κ3) is 6.68. The standard InChI is InChI=1S/C22H25ClN2O4/c1-27-21-12-17(13-24-29-15-22(26)25-19-4-2-3-5-19)8-11-20(21)28-14-16-6-9-18(23)10-7-16/h6-13,19H,2-5,14-15H2,1H3,(H,25,26)/b24-13+. The summed E-state index contributed by atoms with van der Waals surface area (Å²) < 4.78 is 11.2. The average Bonchev–Trinajstić information content (AvgIpc) is 3.24. The largest absolute Gasteiger partial charge is 0.493 e. The zero-order chi connectivity index (χ0) is 20.5. The van der Waals surface area contributed by atoms with Gasteiger partial charge in [0.1, 0.15) is 6.61 Å². The van der Waals surface area contributed by atoms with E-state index in [1.807, 2.05) is 36.4 Å². The molecule has 1 saturated carbocycles. The first kappa shape index (κ1) is 21.0. The fourth-order valence-electron chi connectivity index (χ4n) is 3.16. The van der Waals surface area contributed by atoms with Crippen molar-refractivity contribution in [3.63, 3.8) is 0 Å². The molecule has 3 rings (SSSR count). The fourth-order valence-corrected chi connectivity index (χ4v) is 3.28. The molecule has 6 nitrogen and oxygen atoms in total. The highest BCUT2D eigenvalue weighted by molar-refractivity contribution is 6.30. The summed E-state index contributed by atoms with van der Waals surface area (Å²) in [5.41, 5.74) is 1.78. The number of carbonyl (C=O) groups is 1. The van der Waals surface area contributed by atoms with E-state index in [0.29, 0.717) is 23.1 Å². The molecule has 0 saturated heterocycles. The Kier molecular flexibility index (Phi) is 7.76. The van der Waals surface area contributed by atoms with Crippen LogP contribution < -0.4 is 14.8 Å². The summed E-state index contributed by atoms with van der Waals surface area (Å²) >= 11 is 5.90. The van der Waals surface area contributed by atoms with Gasteiger partial charge in [-0.25, -0.2) is 0 Å². The van der Waals surface area contributed by atoms with Crippen LogP contribution in [0.15, 0.2) is 47.6 Å². The Morgan fingerprint density at radius 2 is 1.93 bits per heavy atom. The molecule has 1 N–H and O–H groups in total. The number of benzene rings is 2. The first-order chi connectivity index (χ1) is 14.1. The Morgan fingerprint density at radius 3 is 2.66 bits per heavy atom. The molecule has 154 valence electrons. The van der Waals surface area contributed by atoms with Crippen LogP contribution in [0.3, 0.4) is 0 Å². The third-order valence-corrected chi connectivity index (χ3v) is 4.94. The second-order valence-corrected chi connectivity index (χ2v) is 7.32. The number of nitrogens with zero attached hydrogens (tertiary/aromatic N) is 1. The summed E-state index contributed by atoms with van der Waals surface area (Å²) in [5.74, 6) is 1.07. The number of hydrogen-bond acceptors (Lipinski definition) is 5. The molecule has 0 aliphatic heterocycles. The Labute approximate surface area is 175 Å². The molecule has 0 unspecified atom stereocenters. The van der Waals surface area contributed by atoms with Gasteiger partial charge in [-0.3, -0.25) is 4.79 Å². The van der Waals surface area contributed by atoms with Gasteiger partial charge in [0.25, 0.3) is 5.91 Å². The average molecular weight is 417 g/mol. The Bertz CT molecular complexity index is 833. The lowest BCUT2D eigenvalue weighted by atomic mass is 10.2. The van der Waals surface area contributed by atoms with Crippen LogP contribution in [0.4, 0.5) is 0 Å². The summed E-state index contributed by atoms with van der Waals surface area (Å²) in [4.78, 5) is 16.9. The van der Waals surface area contributed by atoms with Crippen molar-refractivity contribution < 1.29 is 19.1 Å². The smallest absolute Gasteiger partial charge is 0.260 e. The Balaban J connectivity index is 1.49. The summed E-state index contributed by atoms with van der Waals surface area (Å²) in [6.45, 7) is 0.312. The van der Waals surface area contributed by atoms with Gasteiger partial charge in [0.05, 0.1) is 13.3 Å². The Morgan fingerprint density at radius 1 is 1.17 bits per heavy atom. The zero-order valence-corrected chi connectivity index (χ0v) is 17.2. The summed E-state index contributed by atoms with van der Waals surface area (Å²) in [7, 11) is 1.58. The molecule has 1 fully saturated rings. The second-order valence-electron chi connectivity index (χ2n) is 6.88. The third-order valence-electron chi connectivity index (χ3n) is 4.69. The lowest BCUT2D eigenvalue weighted by Crippen LogP contribution is -2.34. The first-order valence-electron chi connectivity index (χ1n) is 9.64.